The Morgan fingerprint density at radius 2 is 0.783 bits per heavy atom. The molecular weight excluding hydrogens is 1020 g/mol. The van der Waals surface area contributed by atoms with Gasteiger partial charge in [-0.15, -0.1) is 0 Å². The van der Waals surface area contributed by atoms with E-state index in [2.05, 4.69) is 205 Å². The van der Waals surface area contributed by atoms with Crippen molar-refractivity contribution < 1.29 is 13.9 Å². The minimum atomic E-state index is -0.179. The Labute approximate surface area is 476 Å². The second-order valence-corrected chi connectivity index (χ2v) is 21.5. The van der Waals surface area contributed by atoms with E-state index in [1.54, 1.807) is 0 Å². The Kier molecular flexibility index (Phi) is 10.4. The average Bonchev–Trinajstić information content (AvgIpc) is 2.40. The second kappa shape index (κ2) is 18.5. The summed E-state index contributed by atoms with van der Waals surface area (Å²) in [4.78, 5) is 16.1. The van der Waals surface area contributed by atoms with Crippen molar-refractivity contribution in [2.24, 2.45) is 0 Å². The Morgan fingerprint density at radius 1 is 0.313 bits per heavy atom. The normalized spacial score (nSPS) is 13.0. The smallest absolute Gasteiger partial charge is 0.164 e. The van der Waals surface area contributed by atoms with Crippen LogP contribution in [0.5, 0.6) is 5.75 Å². The molecule has 0 fully saturated rings. The molecule has 0 saturated carbocycles. The molecule has 4 heterocycles. The van der Waals surface area contributed by atoms with Gasteiger partial charge in [-0.2, -0.15) is 0 Å². The van der Waals surface area contributed by atoms with E-state index in [4.69, 9.17) is 23.8 Å². The largest absolute Gasteiger partial charge is 0.505 e. The molecule has 83 heavy (non-hydrogen) atoms. The predicted molar refractivity (Wildman–Crippen MR) is 336 cm³/mol. The van der Waals surface area contributed by atoms with E-state index in [-0.39, 0.29) is 11.7 Å². The number of aromatic nitrogens is 4. The quantitative estimate of drug-likeness (QED) is 0.163. The van der Waals surface area contributed by atoms with Crippen LogP contribution in [0.1, 0.15) is 22.6 Å². The van der Waals surface area contributed by atoms with Crippen LogP contribution in [-0.2, 0) is 0 Å². The van der Waals surface area contributed by atoms with E-state index in [9.17, 15) is 5.11 Å². The molecule has 0 saturated heterocycles. The lowest BCUT2D eigenvalue weighted by Gasteiger charge is -2.24. The Bertz CT molecular complexity index is 5100. The summed E-state index contributed by atoms with van der Waals surface area (Å²) in [6.45, 7) is 0. The molecule has 0 spiro atoms. The zero-order chi connectivity index (χ0) is 54.7. The van der Waals surface area contributed by atoms with Crippen molar-refractivity contribution in [2.45, 2.75) is 5.92 Å². The highest BCUT2D eigenvalue weighted by molar-refractivity contribution is 6.13. The first-order valence-electron chi connectivity index (χ1n) is 28.0. The molecule has 0 bridgehead atoms. The zero-order valence-electron chi connectivity index (χ0n) is 44.5. The van der Waals surface area contributed by atoms with E-state index in [1.807, 2.05) is 66.7 Å². The fourth-order valence-electron chi connectivity index (χ4n) is 13.1. The predicted octanol–water partition coefficient (Wildman–Crippen LogP) is 19.6. The van der Waals surface area contributed by atoms with Gasteiger partial charge in [-0.05, 0) is 134 Å². The first kappa shape index (κ1) is 46.7. The second-order valence-electron chi connectivity index (χ2n) is 21.5. The molecule has 1 atom stereocenters. The van der Waals surface area contributed by atoms with Crippen LogP contribution in [0.15, 0.2) is 276 Å². The first-order valence-corrected chi connectivity index (χ1v) is 28.0. The van der Waals surface area contributed by atoms with Crippen molar-refractivity contribution in [1.29, 1.82) is 0 Å². The monoisotopic (exact) mass is 1060 g/mol. The van der Waals surface area contributed by atoms with Crippen molar-refractivity contribution in [2.75, 3.05) is 0 Å². The molecule has 1 N–H and O–H groups in total. The van der Waals surface area contributed by atoms with Crippen molar-refractivity contribution in [3.8, 4) is 90.1 Å². The fourth-order valence-corrected chi connectivity index (χ4v) is 13.1. The Morgan fingerprint density at radius 3 is 1.41 bits per heavy atom. The van der Waals surface area contributed by atoms with E-state index in [0.29, 0.717) is 17.5 Å². The maximum Gasteiger partial charge on any atom is 0.164 e. The van der Waals surface area contributed by atoms with E-state index in [1.165, 1.54) is 16.7 Å². The minimum Gasteiger partial charge on any atom is -0.505 e. The van der Waals surface area contributed by atoms with Gasteiger partial charge in [-0.3, -0.25) is 0 Å². The number of para-hydroxylation sites is 4. The lowest BCUT2D eigenvalue weighted by molar-refractivity contribution is 0.482. The number of rotatable bonds is 8. The number of hydrogen-bond donors (Lipinski definition) is 1. The summed E-state index contributed by atoms with van der Waals surface area (Å²) in [5.74, 6) is 1.63. The average molecular weight is 1060 g/mol. The number of furan rings is 2. The van der Waals surface area contributed by atoms with Gasteiger partial charge < -0.3 is 18.5 Å². The van der Waals surface area contributed by atoms with Crippen molar-refractivity contribution in [3.05, 3.63) is 284 Å². The molecule has 4 aromatic heterocycles. The molecule has 12 aromatic carbocycles. The van der Waals surface area contributed by atoms with Gasteiger partial charge in [0.15, 0.2) is 17.5 Å². The van der Waals surface area contributed by atoms with E-state index in [0.717, 1.165) is 133 Å². The highest BCUT2D eigenvalue weighted by Crippen LogP contribution is 2.55. The van der Waals surface area contributed by atoms with E-state index >= 15 is 0 Å². The lowest BCUT2D eigenvalue weighted by atomic mass is 9.78. The van der Waals surface area contributed by atoms with Crippen LogP contribution in [0, 0.1) is 0 Å². The molecule has 0 amide bonds. The van der Waals surface area contributed by atoms with Gasteiger partial charge in [0.25, 0.3) is 0 Å². The number of aromatic hydroxyl groups is 1. The molecule has 1 unspecified atom stereocenters. The summed E-state index contributed by atoms with van der Waals surface area (Å²) in [6.07, 6.45) is 0. The lowest BCUT2D eigenvalue weighted by Crippen LogP contribution is -2.06. The van der Waals surface area contributed by atoms with Crippen LogP contribution in [0.4, 0.5) is 0 Å². The highest BCUT2D eigenvalue weighted by Gasteiger charge is 2.35. The summed E-state index contributed by atoms with van der Waals surface area (Å²) in [5.41, 5.74) is 20.2. The topological polar surface area (TPSA) is 90.1 Å². The Balaban J connectivity index is 0.876. The molecule has 1 aliphatic carbocycles. The first-order chi connectivity index (χ1) is 41.1. The fraction of sp³-hybridized carbons (Fsp3) is 0.0132. The standard InChI is InChI=1S/C76H46N4O3/c81-73-52(38-39-61-54-25-12-15-29-65(54)80(72(61)73)51-22-8-3-9-23-51)47-32-37-60-64(40-47)53-24-10-11-28-59(53)70(60)71-62(45-18-4-1-5-19-45)41-50(42-63(71)46-20-6-2-7-21-46)76-78-74(48-33-35-57-55-26-13-16-30-66(55)82-68(57)43-48)77-75(79-76)49-34-36-58-56-27-14-17-31-67(56)83-69(58)44-49/h1-44,70,81H. The molecule has 17 rings (SSSR count). The van der Waals surface area contributed by atoms with Gasteiger partial charge in [-0.25, -0.2) is 15.0 Å². The van der Waals surface area contributed by atoms with Gasteiger partial charge in [0.1, 0.15) is 28.1 Å². The summed E-state index contributed by atoms with van der Waals surface area (Å²) >= 11 is 0. The number of phenols is 1. The molecule has 1 aliphatic rings. The van der Waals surface area contributed by atoms with Crippen LogP contribution in [-0.4, -0.2) is 24.6 Å². The number of hydrogen-bond acceptors (Lipinski definition) is 6. The molecule has 0 radical (unpaired) electrons. The third-order valence-electron chi connectivity index (χ3n) is 16.9. The van der Waals surface area contributed by atoms with Crippen LogP contribution in [0.2, 0.25) is 0 Å². The number of benzene rings is 12. The number of nitrogens with zero attached hydrogens (tertiary/aromatic N) is 4. The van der Waals surface area contributed by atoms with Crippen LogP contribution in [0.3, 0.4) is 0 Å². The molecule has 0 aliphatic heterocycles. The SMILES string of the molecule is Oc1c(-c2ccc3c(c2)-c2ccccc2C3c2c(-c3ccccc3)cc(-c3nc(-c4ccc5c(c4)oc4ccccc45)nc(-c4ccc5c(c4)oc4ccccc45)n3)cc2-c2ccccc2)ccc2c3ccccc3n(-c3ccccc3)c12. The van der Waals surface area contributed by atoms with Gasteiger partial charge in [0.2, 0.25) is 0 Å². The maximum atomic E-state index is 12.6. The van der Waals surface area contributed by atoms with Gasteiger partial charge in [-0.1, -0.05) is 188 Å². The van der Waals surface area contributed by atoms with Crippen molar-refractivity contribution in [1.82, 2.24) is 19.5 Å². The number of fused-ring (bicyclic) bond motifs is 12. The molecule has 7 heteroatoms. The molecule has 7 nitrogen and oxygen atoms in total. The third kappa shape index (κ3) is 7.41. The zero-order valence-corrected chi connectivity index (χ0v) is 44.5. The summed E-state index contributed by atoms with van der Waals surface area (Å²) < 4.78 is 15.1. The van der Waals surface area contributed by atoms with Crippen molar-refractivity contribution in [3.63, 3.8) is 0 Å². The van der Waals surface area contributed by atoms with Gasteiger partial charge in [0, 0.05) is 66.2 Å². The summed E-state index contributed by atoms with van der Waals surface area (Å²) in [7, 11) is 0. The Hall–Kier alpha value is -11.2. The van der Waals surface area contributed by atoms with Crippen molar-refractivity contribution >= 4 is 65.7 Å². The summed E-state index contributed by atoms with van der Waals surface area (Å²) in [6, 6.07) is 93.1. The van der Waals surface area contributed by atoms with Gasteiger partial charge >= 0.3 is 0 Å². The minimum absolute atomic E-state index is 0.179. The van der Waals surface area contributed by atoms with Gasteiger partial charge in [0.05, 0.1) is 11.0 Å². The van der Waals surface area contributed by atoms with Crippen LogP contribution in [0.25, 0.3) is 150 Å². The van der Waals surface area contributed by atoms with Crippen LogP contribution < -0.4 is 0 Å². The maximum absolute atomic E-state index is 12.6. The highest BCUT2D eigenvalue weighted by atomic mass is 16.3. The van der Waals surface area contributed by atoms with Crippen LogP contribution >= 0.6 is 0 Å². The molecular formula is C76H46N4O3. The molecule has 388 valence electrons. The third-order valence-corrected chi connectivity index (χ3v) is 16.9. The molecule has 16 aromatic rings. The van der Waals surface area contributed by atoms with E-state index < -0.39 is 0 Å². The number of phenolic OH excluding ortho intramolecular Hbond substituents is 1. The summed E-state index contributed by atoms with van der Waals surface area (Å²) in [5, 5.41) is 18.9.